The molecule has 0 heterocycles. The summed E-state index contributed by atoms with van der Waals surface area (Å²) in [5.41, 5.74) is 8.27. The van der Waals surface area contributed by atoms with Crippen LogP contribution in [0.5, 0.6) is 11.5 Å². The van der Waals surface area contributed by atoms with Gasteiger partial charge in [0.2, 0.25) is 0 Å². The maximum Gasteiger partial charge on any atom is 0.269 e. The number of carbonyl (C=O) groups excluding carboxylic acids is 1. The third-order valence-corrected chi connectivity index (χ3v) is 4.11. The van der Waals surface area contributed by atoms with E-state index in [9.17, 15) is 4.79 Å². The van der Waals surface area contributed by atoms with E-state index in [2.05, 4.69) is 16.2 Å². The van der Waals surface area contributed by atoms with Gasteiger partial charge in [-0.3, -0.25) is 15.6 Å². The molecule has 0 saturated heterocycles. The maximum absolute atomic E-state index is 12.3. The molecule has 0 spiro atoms. The van der Waals surface area contributed by atoms with Gasteiger partial charge in [0.05, 0.1) is 24.9 Å². The smallest absolute Gasteiger partial charge is 0.269 e. The predicted octanol–water partition coefficient (Wildman–Crippen LogP) is 3.61. The topological polar surface area (TPSA) is 71.6 Å². The fraction of sp³-hybridized carbons (Fsp3) is 0.222. The summed E-state index contributed by atoms with van der Waals surface area (Å²) < 4.78 is 10.3. The van der Waals surface area contributed by atoms with Gasteiger partial charge in [0.1, 0.15) is 0 Å². The number of benzene rings is 2. The molecular formula is C18H20ClN3O3S. The van der Waals surface area contributed by atoms with Gasteiger partial charge in [0.15, 0.2) is 16.6 Å². The number of hydrogen-bond donors (Lipinski definition) is 3. The van der Waals surface area contributed by atoms with Crippen molar-refractivity contribution in [3.8, 4) is 11.5 Å². The van der Waals surface area contributed by atoms with E-state index >= 15 is 0 Å². The number of amides is 1. The summed E-state index contributed by atoms with van der Waals surface area (Å²) in [6.07, 6.45) is 0. The number of thiocarbonyl (C=S) groups is 1. The summed E-state index contributed by atoms with van der Waals surface area (Å²) >= 11 is 11.4. The lowest BCUT2D eigenvalue weighted by molar-refractivity contribution is 0.0944. The van der Waals surface area contributed by atoms with E-state index in [1.54, 1.807) is 18.2 Å². The van der Waals surface area contributed by atoms with E-state index in [0.29, 0.717) is 27.8 Å². The Bertz CT molecular complexity index is 819. The zero-order valence-electron chi connectivity index (χ0n) is 14.9. The van der Waals surface area contributed by atoms with Crippen LogP contribution >= 0.6 is 23.8 Å². The lowest BCUT2D eigenvalue weighted by Gasteiger charge is -2.15. The molecule has 8 heteroatoms. The predicted molar refractivity (Wildman–Crippen MR) is 107 cm³/mol. The molecule has 0 bridgehead atoms. The van der Waals surface area contributed by atoms with Crippen molar-refractivity contribution in [1.29, 1.82) is 0 Å². The normalized spacial score (nSPS) is 10.0. The van der Waals surface area contributed by atoms with Gasteiger partial charge in [-0.1, -0.05) is 17.7 Å². The van der Waals surface area contributed by atoms with Crippen molar-refractivity contribution in [2.75, 3.05) is 19.5 Å². The Hall–Kier alpha value is -2.51. The molecule has 0 aromatic heterocycles. The first-order valence-electron chi connectivity index (χ1n) is 7.71. The standard InChI is InChI=1S/C18H20ClN3O3S/c1-10-7-11(2)16(13(19)8-10)20-18(26)22-21-17(23)12-5-6-14(24-3)15(9-12)25-4/h5-9H,1-4H3,(H,21,23)(H2,20,22,26). The molecular weight excluding hydrogens is 374 g/mol. The number of nitrogens with one attached hydrogen (secondary N) is 3. The minimum absolute atomic E-state index is 0.215. The molecule has 0 atom stereocenters. The van der Waals surface area contributed by atoms with Crippen molar-refractivity contribution in [2.45, 2.75) is 13.8 Å². The molecule has 0 saturated carbocycles. The number of methoxy groups -OCH3 is 2. The summed E-state index contributed by atoms with van der Waals surface area (Å²) in [5.74, 6) is 0.628. The Morgan fingerprint density at radius 1 is 1.04 bits per heavy atom. The van der Waals surface area contributed by atoms with Gasteiger partial charge < -0.3 is 14.8 Å². The van der Waals surface area contributed by atoms with E-state index in [4.69, 9.17) is 33.3 Å². The van der Waals surface area contributed by atoms with Crippen LogP contribution in [0.3, 0.4) is 0 Å². The molecule has 0 radical (unpaired) electrons. The summed E-state index contributed by atoms with van der Waals surface area (Å²) in [7, 11) is 3.03. The first kappa shape index (κ1) is 19.8. The van der Waals surface area contributed by atoms with Crippen LogP contribution in [0.25, 0.3) is 0 Å². The molecule has 3 N–H and O–H groups in total. The van der Waals surface area contributed by atoms with Crippen LogP contribution in [0.4, 0.5) is 5.69 Å². The second-order valence-corrected chi connectivity index (χ2v) is 6.36. The Balaban J connectivity index is 2.00. The van der Waals surface area contributed by atoms with Crippen LogP contribution in [0.2, 0.25) is 5.02 Å². The molecule has 6 nitrogen and oxygen atoms in total. The van der Waals surface area contributed by atoms with E-state index in [1.807, 2.05) is 26.0 Å². The van der Waals surface area contributed by atoms with Crippen LogP contribution < -0.4 is 25.6 Å². The van der Waals surface area contributed by atoms with Gasteiger partial charge in [0, 0.05) is 5.56 Å². The number of ether oxygens (including phenoxy) is 2. The van der Waals surface area contributed by atoms with Crippen LogP contribution in [-0.2, 0) is 0 Å². The quantitative estimate of drug-likeness (QED) is 0.544. The van der Waals surface area contributed by atoms with Crippen LogP contribution in [0.15, 0.2) is 30.3 Å². The summed E-state index contributed by atoms with van der Waals surface area (Å²) in [6.45, 7) is 3.88. The largest absolute Gasteiger partial charge is 0.493 e. The molecule has 0 unspecified atom stereocenters. The molecule has 0 aliphatic rings. The molecule has 2 rings (SSSR count). The van der Waals surface area contributed by atoms with E-state index in [-0.39, 0.29) is 11.0 Å². The highest BCUT2D eigenvalue weighted by Crippen LogP contribution is 2.28. The summed E-state index contributed by atoms with van der Waals surface area (Å²) in [5, 5.41) is 3.75. The van der Waals surface area contributed by atoms with E-state index < -0.39 is 0 Å². The highest BCUT2D eigenvalue weighted by atomic mass is 35.5. The molecule has 138 valence electrons. The lowest BCUT2D eigenvalue weighted by atomic mass is 10.1. The molecule has 0 aliphatic carbocycles. The molecule has 0 aliphatic heterocycles. The van der Waals surface area contributed by atoms with Crippen LogP contribution in [-0.4, -0.2) is 25.2 Å². The zero-order valence-corrected chi connectivity index (χ0v) is 16.5. The molecule has 0 fully saturated rings. The van der Waals surface area contributed by atoms with Crippen LogP contribution in [0, 0.1) is 13.8 Å². The fourth-order valence-corrected chi connectivity index (χ4v) is 2.90. The lowest BCUT2D eigenvalue weighted by Crippen LogP contribution is -2.43. The Labute approximate surface area is 162 Å². The third kappa shape index (κ3) is 4.77. The van der Waals surface area contributed by atoms with Crippen molar-refractivity contribution in [1.82, 2.24) is 10.9 Å². The zero-order chi connectivity index (χ0) is 19.3. The third-order valence-electron chi connectivity index (χ3n) is 3.61. The van der Waals surface area contributed by atoms with Gasteiger partial charge in [-0.25, -0.2) is 0 Å². The van der Waals surface area contributed by atoms with E-state index in [0.717, 1.165) is 11.1 Å². The van der Waals surface area contributed by atoms with E-state index in [1.165, 1.54) is 14.2 Å². The monoisotopic (exact) mass is 393 g/mol. The molecule has 2 aromatic carbocycles. The summed E-state index contributed by atoms with van der Waals surface area (Å²) in [6, 6.07) is 8.67. The number of halogens is 1. The maximum atomic E-state index is 12.3. The second kappa shape index (κ2) is 8.73. The van der Waals surface area contributed by atoms with Crippen molar-refractivity contribution in [2.24, 2.45) is 0 Å². The average molecular weight is 394 g/mol. The van der Waals surface area contributed by atoms with Crippen molar-refractivity contribution >= 4 is 40.5 Å². The molecule has 1 amide bonds. The molecule has 26 heavy (non-hydrogen) atoms. The number of hydrazine groups is 1. The second-order valence-electron chi connectivity index (χ2n) is 5.54. The van der Waals surface area contributed by atoms with Crippen molar-refractivity contribution < 1.29 is 14.3 Å². The first-order valence-corrected chi connectivity index (χ1v) is 8.50. The molecule has 2 aromatic rings. The van der Waals surface area contributed by atoms with Gasteiger partial charge in [-0.05, 0) is 61.5 Å². The van der Waals surface area contributed by atoms with Crippen LogP contribution in [0.1, 0.15) is 21.5 Å². The Morgan fingerprint density at radius 3 is 2.35 bits per heavy atom. The van der Waals surface area contributed by atoms with Gasteiger partial charge in [-0.2, -0.15) is 0 Å². The van der Waals surface area contributed by atoms with Crippen molar-refractivity contribution in [3.05, 3.63) is 52.0 Å². The highest BCUT2D eigenvalue weighted by molar-refractivity contribution is 7.80. The number of aryl methyl sites for hydroxylation is 2. The number of rotatable bonds is 4. The van der Waals surface area contributed by atoms with Gasteiger partial charge in [0.25, 0.3) is 5.91 Å². The van der Waals surface area contributed by atoms with Gasteiger partial charge in [-0.15, -0.1) is 0 Å². The van der Waals surface area contributed by atoms with Gasteiger partial charge >= 0.3 is 0 Å². The summed E-state index contributed by atoms with van der Waals surface area (Å²) in [4.78, 5) is 12.3. The minimum atomic E-state index is -0.373. The first-order chi connectivity index (χ1) is 12.3. The number of hydrogen-bond acceptors (Lipinski definition) is 4. The number of carbonyl (C=O) groups is 1. The number of anilines is 1. The highest BCUT2D eigenvalue weighted by Gasteiger charge is 2.12. The average Bonchev–Trinajstić information content (AvgIpc) is 2.61. The Morgan fingerprint density at radius 2 is 1.73 bits per heavy atom. The van der Waals surface area contributed by atoms with Crippen molar-refractivity contribution in [3.63, 3.8) is 0 Å². The fourth-order valence-electron chi connectivity index (χ4n) is 2.38. The Kier molecular flexibility index (Phi) is 6.65. The minimum Gasteiger partial charge on any atom is -0.493 e. The SMILES string of the molecule is COc1ccc(C(=O)NNC(=S)Nc2c(C)cc(C)cc2Cl)cc1OC.